The van der Waals surface area contributed by atoms with E-state index in [1.165, 1.54) is 0 Å². The Morgan fingerprint density at radius 3 is 2.71 bits per heavy atom. The number of nitrogens with zero attached hydrogens (tertiary/aromatic N) is 1. The molecule has 0 amide bonds. The number of nitrogen functional groups attached to an aromatic ring is 1. The van der Waals surface area contributed by atoms with E-state index in [0.29, 0.717) is 16.7 Å². The van der Waals surface area contributed by atoms with Crippen LogP contribution in [0, 0.1) is 6.92 Å². The van der Waals surface area contributed by atoms with Gasteiger partial charge in [0, 0.05) is 21.9 Å². The Bertz CT molecular complexity index is 537. The predicted octanol–water partition coefficient (Wildman–Crippen LogP) is 4.13. The standard InChI is InChI=1S/C12H11BrClN3/c1-7-4-9(2-3-10(7)13)16-12-6-8(15)5-11(14)17-12/h2-6H,1H3,(H3,15,16,17). The van der Waals surface area contributed by atoms with Crippen molar-refractivity contribution in [2.75, 3.05) is 11.1 Å². The van der Waals surface area contributed by atoms with Gasteiger partial charge in [0.15, 0.2) is 0 Å². The van der Waals surface area contributed by atoms with E-state index in [1.807, 2.05) is 25.1 Å². The lowest BCUT2D eigenvalue weighted by Crippen LogP contribution is -1.96. The molecule has 3 nitrogen and oxygen atoms in total. The minimum atomic E-state index is 0.376. The third-order valence-corrected chi connectivity index (χ3v) is 3.33. The number of benzene rings is 1. The Labute approximate surface area is 113 Å². The molecule has 1 aromatic heterocycles. The molecular formula is C12H11BrClN3. The number of nitrogens with one attached hydrogen (secondary N) is 1. The molecule has 5 heteroatoms. The summed E-state index contributed by atoms with van der Waals surface area (Å²) in [7, 11) is 0. The van der Waals surface area contributed by atoms with Gasteiger partial charge in [0.2, 0.25) is 0 Å². The maximum atomic E-state index is 5.83. The van der Waals surface area contributed by atoms with Crippen LogP contribution in [0.4, 0.5) is 17.2 Å². The summed E-state index contributed by atoms with van der Waals surface area (Å²) < 4.78 is 1.07. The Morgan fingerprint density at radius 2 is 2.06 bits per heavy atom. The van der Waals surface area contributed by atoms with E-state index >= 15 is 0 Å². The highest BCUT2D eigenvalue weighted by Crippen LogP contribution is 2.24. The first-order valence-electron chi connectivity index (χ1n) is 5.01. The maximum absolute atomic E-state index is 5.83. The van der Waals surface area contributed by atoms with Crippen LogP contribution in [-0.2, 0) is 0 Å². The molecule has 0 saturated carbocycles. The fraction of sp³-hybridized carbons (Fsp3) is 0.0833. The Balaban J connectivity index is 2.28. The van der Waals surface area contributed by atoms with Crippen molar-refractivity contribution in [1.82, 2.24) is 4.98 Å². The summed E-state index contributed by atoms with van der Waals surface area (Å²) in [6.07, 6.45) is 0. The van der Waals surface area contributed by atoms with E-state index in [4.69, 9.17) is 17.3 Å². The molecule has 2 rings (SSSR count). The molecule has 0 aliphatic rings. The van der Waals surface area contributed by atoms with Crippen molar-refractivity contribution in [3.8, 4) is 0 Å². The average Bonchev–Trinajstić information content (AvgIpc) is 2.22. The maximum Gasteiger partial charge on any atom is 0.134 e. The van der Waals surface area contributed by atoms with Gasteiger partial charge < -0.3 is 11.1 Å². The molecule has 1 aromatic carbocycles. The van der Waals surface area contributed by atoms with Crippen molar-refractivity contribution >= 4 is 44.7 Å². The summed E-state index contributed by atoms with van der Waals surface area (Å²) in [5.74, 6) is 0.636. The van der Waals surface area contributed by atoms with Crippen LogP contribution in [-0.4, -0.2) is 4.98 Å². The SMILES string of the molecule is Cc1cc(Nc2cc(N)cc(Cl)n2)ccc1Br. The second-order valence-corrected chi connectivity index (χ2v) is 4.94. The molecule has 88 valence electrons. The van der Waals surface area contributed by atoms with E-state index in [0.717, 1.165) is 15.7 Å². The van der Waals surface area contributed by atoms with Crippen LogP contribution in [0.25, 0.3) is 0 Å². The highest BCUT2D eigenvalue weighted by Gasteiger charge is 2.01. The Hall–Kier alpha value is -1.26. The molecule has 0 bridgehead atoms. The van der Waals surface area contributed by atoms with Crippen molar-refractivity contribution < 1.29 is 0 Å². The molecule has 17 heavy (non-hydrogen) atoms. The Morgan fingerprint density at radius 1 is 1.29 bits per heavy atom. The molecule has 0 radical (unpaired) electrons. The number of hydrogen-bond donors (Lipinski definition) is 2. The molecule has 2 aromatic rings. The monoisotopic (exact) mass is 311 g/mol. The number of hydrogen-bond acceptors (Lipinski definition) is 3. The summed E-state index contributed by atoms with van der Waals surface area (Å²) in [4.78, 5) is 4.14. The van der Waals surface area contributed by atoms with E-state index < -0.39 is 0 Å². The fourth-order valence-corrected chi connectivity index (χ4v) is 1.91. The molecule has 0 fully saturated rings. The number of halogens is 2. The lowest BCUT2D eigenvalue weighted by atomic mass is 10.2. The van der Waals surface area contributed by atoms with Crippen LogP contribution in [0.5, 0.6) is 0 Å². The third kappa shape index (κ3) is 3.11. The molecular weight excluding hydrogens is 302 g/mol. The predicted molar refractivity (Wildman–Crippen MR) is 75.8 cm³/mol. The molecule has 1 heterocycles. The molecule has 0 atom stereocenters. The van der Waals surface area contributed by atoms with Crippen molar-refractivity contribution in [3.05, 3.63) is 45.5 Å². The van der Waals surface area contributed by atoms with Gasteiger partial charge in [0.25, 0.3) is 0 Å². The van der Waals surface area contributed by atoms with Crippen LogP contribution in [0.2, 0.25) is 5.15 Å². The van der Waals surface area contributed by atoms with Crippen LogP contribution in [0.1, 0.15) is 5.56 Å². The van der Waals surface area contributed by atoms with E-state index in [9.17, 15) is 0 Å². The average molecular weight is 313 g/mol. The van der Waals surface area contributed by atoms with Crippen LogP contribution < -0.4 is 11.1 Å². The lowest BCUT2D eigenvalue weighted by Gasteiger charge is -2.08. The van der Waals surface area contributed by atoms with Gasteiger partial charge in [-0.25, -0.2) is 4.98 Å². The normalized spacial score (nSPS) is 10.3. The zero-order valence-electron chi connectivity index (χ0n) is 9.17. The molecule has 0 aliphatic carbocycles. The minimum absolute atomic E-state index is 0.376. The second-order valence-electron chi connectivity index (χ2n) is 3.70. The third-order valence-electron chi connectivity index (χ3n) is 2.25. The van der Waals surface area contributed by atoms with Gasteiger partial charge in [-0.1, -0.05) is 27.5 Å². The highest BCUT2D eigenvalue weighted by molar-refractivity contribution is 9.10. The molecule has 0 spiro atoms. The first-order chi connectivity index (χ1) is 8.04. The van der Waals surface area contributed by atoms with Gasteiger partial charge in [-0.2, -0.15) is 0 Å². The van der Waals surface area contributed by atoms with Crippen molar-refractivity contribution in [2.45, 2.75) is 6.92 Å². The number of aromatic nitrogens is 1. The molecule has 0 saturated heterocycles. The highest BCUT2D eigenvalue weighted by atomic mass is 79.9. The smallest absolute Gasteiger partial charge is 0.134 e. The largest absolute Gasteiger partial charge is 0.399 e. The zero-order chi connectivity index (χ0) is 12.4. The number of nitrogens with two attached hydrogens (primary N) is 1. The van der Waals surface area contributed by atoms with Crippen molar-refractivity contribution in [1.29, 1.82) is 0 Å². The zero-order valence-corrected chi connectivity index (χ0v) is 11.5. The topological polar surface area (TPSA) is 50.9 Å². The van der Waals surface area contributed by atoms with Crippen LogP contribution in [0.15, 0.2) is 34.8 Å². The number of aryl methyl sites for hydroxylation is 1. The first kappa shape index (κ1) is 12.2. The minimum Gasteiger partial charge on any atom is -0.399 e. The van der Waals surface area contributed by atoms with Gasteiger partial charge >= 0.3 is 0 Å². The molecule has 0 unspecified atom stereocenters. The summed E-state index contributed by atoms with van der Waals surface area (Å²) in [5, 5.41) is 3.53. The van der Waals surface area contributed by atoms with Crippen molar-refractivity contribution in [3.63, 3.8) is 0 Å². The Kier molecular flexibility index (Phi) is 3.54. The second kappa shape index (κ2) is 4.94. The van der Waals surface area contributed by atoms with Gasteiger partial charge in [0.1, 0.15) is 11.0 Å². The van der Waals surface area contributed by atoms with E-state index in [-0.39, 0.29) is 0 Å². The number of rotatable bonds is 2. The van der Waals surface area contributed by atoms with Gasteiger partial charge in [-0.3, -0.25) is 0 Å². The summed E-state index contributed by atoms with van der Waals surface area (Å²) in [5.41, 5.74) is 8.37. The molecule has 0 aliphatic heterocycles. The van der Waals surface area contributed by atoms with Gasteiger partial charge in [-0.05, 0) is 36.8 Å². The van der Waals surface area contributed by atoms with Crippen LogP contribution >= 0.6 is 27.5 Å². The van der Waals surface area contributed by atoms with E-state index in [1.54, 1.807) is 12.1 Å². The van der Waals surface area contributed by atoms with Crippen molar-refractivity contribution in [2.24, 2.45) is 0 Å². The first-order valence-corrected chi connectivity index (χ1v) is 6.18. The summed E-state index contributed by atoms with van der Waals surface area (Å²) >= 11 is 9.29. The summed E-state index contributed by atoms with van der Waals surface area (Å²) in [6, 6.07) is 9.30. The summed E-state index contributed by atoms with van der Waals surface area (Å²) in [6.45, 7) is 2.02. The fourth-order valence-electron chi connectivity index (χ4n) is 1.45. The number of pyridine rings is 1. The van der Waals surface area contributed by atoms with E-state index in [2.05, 4.69) is 26.2 Å². The van der Waals surface area contributed by atoms with Gasteiger partial charge in [-0.15, -0.1) is 0 Å². The van der Waals surface area contributed by atoms with Crippen LogP contribution in [0.3, 0.4) is 0 Å². The lowest BCUT2D eigenvalue weighted by molar-refractivity contribution is 1.30. The molecule has 3 N–H and O–H groups in total. The number of anilines is 3. The van der Waals surface area contributed by atoms with Gasteiger partial charge in [0.05, 0.1) is 0 Å². The quantitative estimate of drug-likeness (QED) is 0.820.